The highest BCUT2D eigenvalue weighted by atomic mass is 19.1. The van der Waals surface area contributed by atoms with Gasteiger partial charge in [-0.25, -0.2) is 4.39 Å². The number of halogens is 1. The highest BCUT2D eigenvalue weighted by molar-refractivity contribution is 5.88. The molecule has 3 aromatic rings. The number of aryl methyl sites for hydroxylation is 1. The smallest absolute Gasteiger partial charge is 0.134 e. The standard InChI is InChI=1S/C32H39F/c1-3-5-7-9-24-11-13-25(14-12-24)26-15-17-27(18-16-26)29-21-22-31-30(23-29)20-19-28(32(31)33)10-8-6-4-2/h3,5,15-25H,4,6-14H2,1-2H3/b5-3+. The van der Waals surface area contributed by atoms with Crippen molar-refractivity contribution in [2.75, 3.05) is 0 Å². The Hall–Kier alpha value is -2.41. The number of allylic oxidation sites excluding steroid dienone is 2. The molecule has 0 N–H and O–H groups in total. The van der Waals surface area contributed by atoms with Gasteiger partial charge in [-0.05, 0) is 104 Å². The van der Waals surface area contributed by atoms with Crippen LogP contribution in [-0.4, -0.2) is 0 Å². The molecule has 0 radical (unpaired) electrons. The van der Waals surface area contributed by atoms with Crippen LogP contribution in [0, 0.1) is 11.7 Å². The predicted octanol–water partition coefficient (Wildman–Crippen LogP) is 10.0. The minimum absolute atomic E-state index is 0.0354. The quantitative estimate of drug-likeness (QED) is 0.228. The van der Waals surface area contributed by atoms with E-state index >= 15 is 4.39 Å². The Morgan fingerprint density at radius 1 is 0.879 bits per heavy atom. The number of hydrogen-bond acceptors (Lipinski definition) is 0. The molecule has 4 rings (SSSR count). The largest absolute Gasteiger partial charge is 0.206 e. The molecular weight excluding hydrogens is 403 g/mol. The SMILES string of the molecule is C/C=C/CCC1CCC(c2ccc(-c3ccc4c(F)c(CCCCC)ccc4c3)cc2)CC1. The molecule has 0 aromatic heterocycles. The van der Waals surface area contributed by atoms with Crippen molar-refractivity contribution >= 4 is 10.8 Å². The Bertz CT molecular complexity index is 1050. The number of unbranched alkanes of at least 4 members (excludes halogenated alkanes) is 2. The van der Waals surface area contributed by atoms with Crippen LogP contribution in [0.25, 0.3) is 21.9 Å². The summed E-state index contributed by atoms with van der Waals surface area (Å²) in [5.41, 5.74) is 4.71. The molecule has 1 fully saturated rings. The summed E-state index contributed by atoms with van der Waals surface area (Å²) in [6, 6.07) is 19.4. The first-order chi connectivity index (χ1) is 16.2. The van der Waals surface area contributed by atoms with Gasteiger partial charge >= 0.3 is 0 Å². The van der Waals surface area contributed by atoms with Gasteiger partial charge in [0.15, 0.2) is 0 Å². The van der Waals surface area contributed by atoms with Crippen molar-refractivity contribution in [1.82, 2.24) is 0 Å². The normalized spacial score (nSPS) is 18.9. The molecule has 1 saturated carbocycles. The Labute approximate surface area is 199 Å². The minimum atomic E-state index is -0.0354. The van der Waals surface area contributed by atoms with Crippen molar-refractivity contribution in [3.05, 3.63) is 83.7 Å². The van der Waals surface area contributed by atoms with Gasteiger partial charge in [-0.1, -0.05) is 80.4 Å². The summed E-state index contributed by atoms with van der Waals surface area (Å²) in [6.45, 7) is 4.30. The van der Waals surface area contributed by atoms with Gasteiger partial charge in [-0.3, -0.25) is 0 Å². The molecule has 0 spiro atoms. The molecule has 174 valence electrons. The van der Waals surface area contributed by atoms with Crippen LogP contribution in [0.1, 0.15) is 88.7 Å². The highest BCUT2D eigenvalue weighted by Crippen LogP contribution is 2.38. The van der Waals surface area contributed by atoms with Crippen LogP contribution in [-0.2, 0) is 6.42 Å². The number of benzene rings is 3. The zero-order valence-corrected chi connectivity index (χ0v) is 20.5. The summed E-state index contributed by atoms with van der Waals surface area (Å²) in [5, 5.41) is 1.74. The van der Waals surface area contributed by atoms with Crippen LogP contribution < -0.4 is 0 Å². The van der Waals surface area contributed by atoms with Gasteiger partial charge < -0.3 is 0 Å². The maximum atomic E-state index is 15.0. The summed E-state index contributed by atoms with van der Waals surface area (Å²) >= 11 is 0. The van der Waals surface area contributed by atoms with Crippen molar-refractivity contribution < 1.29 is 4.39 Å². The van der Waals surface area contributed by atoms with Gasteiger partial charge in [0.1, 0.15) is 5.82 Å². The average Bonchev–Trinajstić information content (AvgIpc) is 2.86. The number of fused-ring (bicyclic) bond motifs is 1. The van der Waals surface area contributed by atoms with Gasteiger partial charge in [0.2, 0.25) is 0 Å². The monoisotopic (exact) mass is 442 g/mol. The molecule has 33 heavy (non-hydrogen) atoms. The zero-order chi connectivity index (χ0) is 23.0. The second kappa shape index (κ2) is 11.6. The lowest BCUT2D eigenvalue weighted by Crippen LogP contribution is -2.13. The summed E-state index contributed by atoms with van der Waals surface area (Å²) in [7, 11) is 0. The fraction of sp³-hybridized carbons (Fsp3) is 0.438. The third-order valence-corrected chi connectivity index (χ3v) is 7.62. The van der Waals surface area contributed by atoms with Crippen molar-refractivity contribution in [2.24, 2.45) is 5.92 Å². The lowest BCUT2D eigenvalue weighted by atomic mass is 9.77. The third kappa shape index (κ3) is 5.94. The average molecular weight is 443 g/mol. The van der Waals surface area contributed by atoms with Crippen LogP contribution in [0.2, 0.25) is 0 Å². The molecule has 0 atom stereocenters. The summed E-state index contributed by atoms with van der Waals surface area (Å²) < 4.78 is 15.0. The Morgan fingerprint density at radius 2 is 1.64 bits per heavy atom. The van der Waals surface area contributed by atoms with E-state index in [1.54, 1.807) is 0 Å². The number of rotatable bonds is 9. The van der Waals surface area contributed by atoms with Crippen LogP contribution in [0.5, 0.6) is 0 Å². The molecular formula is C32H39F. The van der Waals surface area contributed by atoms with Crippen LogP contribution >= 0.6 is 0 Å². The van der Waals surface area contributed by atoms with E-state index in [0.717, 1.165) is 47.9 Å². The molecule has 1 heteroatoms. The summed E-state index contributed by atoms with van der Waals surface area (Å²) in [5.74, 6) is 1.57. The third-order valence-electron chi connectivity index (χ3n) is 7.62. The lowest BCUT2D eigenvalue weighted by Gasteiger charge is -2.28. The first-order valence-electron chi connectivity index (χ1n) is 13.1. The van der Waals surface area contributed by atoms with Crippen LogP contribution in [0.3, 0.4) is 0 Å². The second-order valence-corrected chi connectivity index (χ2v) is 9.92. The van der Waals surface area contributed by atoms with E-state index in [2.05, 4.69) is 68.5 Å². The maximum Gasteiger partial charge on any atom is 0.134 e. The fourth-order valence-corrected chi connectivity index (χ4v) is 5.51. The van der Waals surface area contributed by atoms with E-state index in [9.17, 15) is 0 Å². The minimum Gasteiger partial charge on any atom is -0.206 e. The zero-order valence-electron chi connectivity index (χ0n) is 20.5. The molecule has 0 heterocycles. The van der Waals surface area contributed by atoms with Gasteiger partial charge in [0.05, 0.1) is 0 Å². The molecule has 0 bridgehead atoms. The van der Waals surface area contributed by atoms with Crippen molar-refractivity contribution in [3.63, 3.8) is 0 Å². The topological polar surface area (TPSA) is 0 Å². The summed E-state index contributed by atoms with van der Waals surface area (Å²) in [4.78, 5) is 0. The van der Waals surface area contributed by atoms with E-state index in [-0.39, 0.29) is 5.82 Å². The van der Waals surface area contributed by atoms with Crippen molar-refractivity contribution in [1.29, 1.82) is 0 Å². The maximum absolute atomic E-state index is 15.0. The molecule has 0 nitrogen and oxygen atoms in total. The molecule has 3 aromatic carbocycles. The second-order valence-electron chi connectivity index (χ2n) is 9.92. The van der Waals surface area contributed by atoms with E-state index in [1.165, 1.54) is 55.2 Å². The van der Waals surface area contributed by atoms with Gasteiger partial charge in [0, 0.05) is 5.39 Å². The Balaban J connectivity index is 1.42. The van der Waals surface area contributed by atoms with Gasteiger partial charge in [-0.2, -0.15) is 0 Å². The molecule has 1 aliphatic rings. The fourth-order valence-electron chi connectivity index (χ4n) is 5.51. The van der Waals surface area contributed by atoms with E-state index in [0.29, 0.717) is 5.92 Å². The van der Waals surface area contributed by atoms with Crippen molar-refractivity contribution in [3.8, 4) is 11.1 Å². The molecule has 0 saturated heterocycles. The lowest BCUT2D eigenvalue weighted by molar-refractivity contribution is 0.312. The van der Waals surface area contributed by atoms with Crippen LogP contribution in [0.15, 0.2) is 66.7 Å². The first kappa shape index (κ1) is 23.7. The molecule has 0 aliphatic heterocycles. The molecule has 0 unspecified atom stereocenters. The van der Waals surface area contributed by atoms with E-state index < -0.39 is 0 Å². The van der Waals surface area contributed by atoms with Crippen molar-refractivity contribution in [2.45, 2.75) is 84.0 Å². The van der Waals surface area contributed by atoms with Gasteiger partial charge in [0.25, 0.3) is 0 Å². The summed E-state index contributed by atoms with van der Waals surface area (Å²) in [6.07, 6.45) is 16.6. The molecule has 1 aliphatic carbocycles. The predicted molar refractivity (Wildman–Crippen MR) is 141 cm³/mol. The Kier molecular flexibility index (Phi) is 8.37. The first-order valence-corrected chi connectivity index (χ1v) is 13.1. The number of hydrogen-bond donors (Lipinski definition) is 0. The highest BCUT2D eigenvalue weighted by Gasteiger charge is 2.22. The van der Waals surface area contributed by atoms with E-state index in [4.69, 9.17) is 0 Å². The van der Waals surface area contributed by atoms with Gasteiger partial charge in [-0.15, -0.1) is 0 Å². The van der Waals surface area contributed by atoms with Crippen LogP contribution in [0.4, 0.5) is 4.39 Å². The molecule has 0 amide bonds. The Morgan fingerprint density at radius 3 is 2.36 bits per heavy atom. The van der Waals surface area contributed by atoms with E-state index in [1.807, 2.05) is 12.1 Å².